The lowest BCUT2D eigenvalue weighted by atomic mass is 10.2. The van der Waals surface area contributed by atoms with Crippen LogP contribution in [0.5, 0.6) is 5.75 Å². The largest absolute Gasteiger partial charge is 0.423 e. The van der Waals surface area contributed by atoms with Gasteiger partial charge in [0.15, 0.2) is 0 Å². The molecule has 0 aliphatic heterocycles. The molecular formula is C25H22N4O6. The summed E-state index contributed by atoms with van der Waals surface area (Å²) in [6.45, 7) is 0.224. The third kappa shape index (κ3) is 7.90. The van der Waals surface area contributed by atoms with Crippen LogP contribution in [0.2, 0.25) is 0 Å². The summed E-state index contributed by atoms with van der Waals surface area (Å²) < 4.78 is 5.30. The normalized spacial score (nSPS) is 10.5. The van der Waals surface area contributed by atoms with Gasteiger partial charge in [-0.1, -0.05) is 24.3 Å². The van der Waals surface area contributed by atoms with Crippen LogP contribution in [0.25, 0.3) is 0 Å². The molecule has 0 unspecified atom stereocenters. The van der Waals surface area contributed by atoms with E-state index in [9.17, 15) is 24.5 Å². The van der Waals surface area contributed by atoms with E-state index in [1.807, 2.05) is 6.07 Å². The molecule has 0 saturated carbocycles. The van der Waals surface area contributed by atoms with Crippen molar-refractivity contribution in [3.8, 4) is 5.75 Å². The third-order valence-electron chi connectivity index (χ3n) is 4.69. The van der Waals surface area contributed by atoms with E-state index < -0.39 is 16.8 Å². The maximum absolute atomic E-state index is 12.1. The highest BCUT2D eigenvalue weighted by molar-refractivity contribution is 5.94. The molecule has 0 aliphatic carbocycles. The number of nitro groups is 1. The summed E-state index contributed by atoms with van der Waals surface area (Å²) in [7, 11) is 0. The Kier molecular flexibility index (Phi) is 8.78. The summed E-state index contributed by atoms with van der Waals surface area (Å²) in [5.41, 5.74) is 3.54. The minimum Gasteiger partial charge on any atom is -0.423 e. The molecule has 0 atom stereocenters. The molecule has 0 bridgehead atoms. The second kappa shape index (κ2) is 12.4. The topological polar surface area (TPSA) is 140 Å². The second-order valence-electron chi connectivity index (χ2n) is 7.28. The number of ether oxygens (including phenoxy) is 1. The minimum atomic E-state index is -0.573. The Hall–Kier alpha value is -4.86. The molecule has 2 N–H and O–H groups in total. The predicted octanol–water partition coefficient (Wildman–Crippen LogP) is 3.47. The number of benzene rings is 3. The SMILES string of the molecule is O=C(CCCNC(=O)c1cccc([N+](=O)[O-])c1)N/N=C/c1ccc(OC(=O)c2ccccc2)cc1. The molecule has 0 saturated heterocycles. The number of carbonyl (C=O) groups is 3. The van der Waals surface area contributed by atoms with E-state index in [2.05, 4.69) is 15.8 Å². The number of non-ortho nitro benzene ring substituents is 1. The average Bonchev–Trinajstić information content (AvgIpc) is 2.88. The summed E-state index contributed by atoms with van der Waals surface area (Å²) in [6, 6.07) is 20.7. The fraction of sp³-hybridized carbons (Fsp3) is 0.120. The lowest BCUT2D eigenvalue weighted by Crippen LogP contribution is -2.26. The van der Waals surface area contributed by atoms with Crippen molar-refractivity contribution in [2.45, 2.75) is 12.8 Å². The second-order valence-corrected chi connectivity index (χ2v) is 7.28. The van der Waals surface area contributed by atoms with Crippen LogP contribution >= 0.6 is 0 Å². The predicted molar refractivity (Wildman–Crippen MR) is 128 cm³/mol. The van der Waals surface area contributed by atoms with Crippen LogP contribution in [0.1, 0.15) is 39.1 Å². The lowest BCUT2D eigenvalue weighted by molar-refractivity contribution is -0.384. The number of nitrogens with zero attached hydrogens (tertiary/aromatic N) is 2. The van der Waals surface area contributed by atoms with Crippen molar-refractivity contribution in [3.05, 3.63) is 106 Å². The van der Waals surface area contributed by atoms with E-state index in [1.165, 1.54) is 30.5 Å². The number of nitrogens with one attached hydrogen (secondary N) is 2. The minimum absolute atomic E-state index is 0.126. The number of esters is 1. The van der Waals surface area contributed by atoms with E-state index in [0.717, 1.165) is 0 Å². The van der Waals surface area contributed by atoms with E-state index in [-0.39, 0.29) is 30.1 Å². The van der Waals surface area contributed by atoms with E-state index in [1.54, 1.807) is 48.5 Å². The number of nitro benzene ring substituents is 1. The van der Waals surface area contributed by atoms with Crippen LogP contribution in [0, 0.1) is 10.1 Å². The van der Waals surface area contributed by atoms with Gasteiger partial charge in [0.05, 0.1) is 16.7 Å². The molecular weight excluding hydrogens is 452 g/mol. The number of rotatable bonds is 10. The van der Waals surface area contributed by atoms with Gasteiger partial charge in [0.25, 0.3) is 11.6 Å². The summed E-state index contributed by atoms with van der Waals surface area (Å²) in [4.78, 5) is 46.2. The van der Waals surface area contributed by atoms with Gasteiger partial charge in [-0.05, 0) is 54.4 Å². The Morgan fingerprint density at radius 1 is 0.943 bits per heavy atom. The fourth-order valence-electron chi connectivity index (χ4n) is 2.91. The van der Waals surface area contributed by atoms with Crippen molar-refractivity contribution >= 4 is 29.7 Å². The van der Waals surface area contributed by atoms with Gasteiger partial charge < -0.3 is 10.1 Å². The molecule has 178 valence electrons. The lowest BCUT2D eigenvalue weighted by Gasteiger charge is -2.05. The Balaban J connectivity index is 1.36. The van der Waals surface area contributed by atoms with Crippen LogP contribution in [0.15, 0.2) is 84.0 Å². The van der Waals surface area contributed by atoms with Crippen molar-refractivity contribution in [1.29, 1.82) is 0 Å². The van der Waals surface area contributed by atoms with E-state index >= 15 is 0 Å². The van der Waals surface area contributed by atoms with Crippen molar-refractivity contribution < 1.29 is 24.0 Å². The number of carbonyl (C=O) groups excluding carboxylic acids is 3. The van der Waals surface area contributed by atoms with Crippen molar-refractivity contribution in [3.63, 3.8) is 0 Å². The van der Waals surface area contributed by atoms with Crippen LogP contribution in [0.3, 0.4) is 0 Å². The van der Waals surface area contributed by atoms with Gasteiger partial charge >= 0.3 is 5.97 Å². The molecule has 0 radical (unpaired) electrons. The van der Waals surface area contributed by atoms with Gasteiger partial charge in [-0.2, -0.15) is 5.10 Å². The molecule has 10 nitrogen and oxygen atoms in total. The fourth-order valence-corrected chi connectivity index (χ4v) is 2.91. The van der Waals surface area contributed by atoms with Gasteiger partial charge in [0.2, 0.25) is 5.91 Å². The molecule has 0 fully saturated rings. The maximum atomic E-state index is 12.1. The highest BCUT2D eigenvalue weighted by Gasteiger charge is 2.11. The highest BCUT2D eigenvalue weighted by Crippen LogP contribution is 2.14. The number of hydrogen-bond acceptors (Lipinski definition) is 7. The Bertz CT molecular complexity index is 1230. The molecule has 35 heavy (non-hydrogen) atoms. The Labute approximate surface area is 200 Å². The first kappa shape index (κ1) is 24.8. The average molecular weight is 474 g/mol. The molecule has 0 spiro atoms. The summed E-state index contributed by atoms with van der Waals surface area (Å²) in [5, 5.41) is 17.3. The smallest absolute Gasteiger partial charge is 0.343 e. The van der Waals surface area contributed by atoms with Gasteiger partial charge in [-0.3, -0.25) is 19.7 Å². The van der Waals surface area contributed by atoms with E-state index in [0.29, 0.717) is 23.3 Å². The first-order valence-electron chi connectivity index (χ1n) is 10.6. The highest BCUT2D eigenvalue weighted by atomic mass is 16.6. The third-order valence-corrected chi connectivity index (χ3v) is 4.69. The van der Waals surface area contributed by atoms with Crippen LogP contribution in [0.4, 0.5) is 5.69 Å². The molecule has 3 aromatic carbocycles. The standard InChI is InChI=1S/C25H22N4O6/c30-23(10-5-15-26-24(31)20-8-4-9-21(16-20)29(33)34)28-27-17-18-11-13-22(14-12-18)35-25(32)19-6-2-1-3-7-19/h1-4,6-9,11-14,16-17H,5,10,15H2,(H,26,31)(H,28,30)/b27-17+. The first-order chi connectivity index (χ1) is 16.9. The van der Waals surface area contributed by atoms with Crippen LogP contribution in [-0.2, 0) is 4.79 Å². The maximum Gasteiger partial charge on any atom is 0.343 e. The summed E-state index contributed by atoms with van der Waals surface area (Å²) >= 11 is 0. The number of hydrazone groups is 1. The van der Waals surface area contributed by atoms with Crippen molar-refractivity contribution in [2.75, 3.05) is 6.54 Å². The number of hydrogen-bond donors (Lipinski definition) is 2. The molecule has 0 aliphatic rings. The zero-order chi connectivity index (χ0) is 25.0. The van der Waals surface area contributed by atoms with Crippen LogP contribution < -0.4 is 15.5 Å². The van der Waals surface area contributed by atoms with Gasteiger partial charge in [0.1, 0.15) is 5.75 Å². The molecule has 0 heterocycles. The van der Waals surface area contributed by atoms with Gasteiger partial charge in [-0.15, -0.1) is 0 Å². The molecule has 3 aromatic rings. The van der Waals surface area contributed by atoms with Crippen LogP contribution in [-0.4, -0.2) is 35.5 Å². The van der Waals surface area contributed by atoms with Crippen molar-refractivity contribution in [1.82, 2.24) is 10.7 Å². The zero-order valence-electron chi connectivity index (χ0n) is 18.5. The zero-order valence-corrected chi connectivity index (χ0v) is 18.5. The quantitative estimate of drug-likeness (QED) is 0.115. The van der Waals surface area contributed by atoms with Gasteiger partial charge in [-0.25, -0.2) is 10.2 Å². The summed E-state index contributed by atoms with van der Waals surface area (Å²) in [5.74, 6) is -0.864. The van der Waals surface area contributed by atoms with E-state index in [4.69, 9.17) is 4.74 Å². The molecule has 2 amide bonds. The molecule has 10 heteroatoms. The van der Waals surface area contributed by atoms with Crippen molar-refractivity contribution in [2.24, 2.45) is 5.10 Å². The number of amides is 2. The van der Waals surface area contributed by atoms with Gasteiger partial charge in [0, 0.05) is 30.7 Å². The monoisotopic (exact) mass is 474 g/mol. The molecule has 3 rings (SSSR count). The Morgan fingerprint density at radius 2 is 1.66 bits per heavy atom. The first-order valence-corrected chi connectivity index (χ1v) is 10.6. The summed E-state index contributed by atoms with van der Waals surface area (Å²) in [6.07, 6.45) is 1.94. The Morgan fingerprint density at radius 3 is 2.37 bits per heavy atom. The molecule has 0 aromatic heterocycles.